The highest BCUT2D eigenvalue weighted by molar-refractivity contribution is 6.32. The van der Waals surface area contributed by atoms with Crippen LogP contribution < -0.4 is 0 Å². The summed E-state index contributed by atoms with van der Waals surface area (Å²) >= 11 is 0. The van der Waals surface area contributed by atoms with Gasteiger partial charge in [-0.3, -0.25) is 14.4 Å². The molecule has 0 aliphatic heterocycles. The minimum absolute atomic E-state index is 0.196. The second kappa shape index (κ2) is 5.13. The summed E-state index contributed by atoms with van der Waals surface area (Å²) in [5.41, 5.74) is 1.95. The lowest BCUT2D eigenvalue weighted by atomic mass is 9.80. The van der Waals surface area contributed by atoms with Crippen molar-refractivity contribution in [1.29, 1.82) is 0 Å². The molecule has 116 valence electrons. The Kier molecular flexibility index (Phi) is 3.06. The average Bonchev–Trinajstić information content (AvgIpc) is 2.59. The molecule has 1 aliphatic carbocycles. The molecule has 4 nitrogen and oxygen atoms in total. The average molecular weight is 316 g/mol. The summed E-state index contributed by atoms with van der Waals surface area (Å²) in [5, 5.41) is 10.5. The largest absolute Gasteiger partial charge is 0.481 e. The number of benzene rings is 3. The van der Waals surface area contributed by atoms with Crippen LogP contribution in [-0.4, -0.2) is 22.6 Å². The van der Waals surface area contributed by atoms with Crippen molar-refractivity contribution in [2.24, 2.45) is 0 Å². The predicted molar refractivity (Wildman–Crippen MR) is 88.6 cm³/mol. The molecule has 0 saturated carbocycles. The Morgan fingerprint density at radius 2 is 1.38 bits per heavy atom. The van der Waals surface area contributed by atoms with Crippen LogP contribution >= 0.6 is 0 Å². The minimum atomic E-state index is -0.977. The van der Waals surface area contributed by atoms with Crippen LogP contribution in [-0.2, 0) is 11.2 Å². The lowest BCUT2D eigenvalue weighted by molar-refractivity contribution is -0.136. The summed E-state index contributed by atoms with van der Waals surface area (Å²) in [6.45, 7) is 0. The summed E-state index contributed by atoms with van der Waals surface area (Å²) in [4.78, 5) is 36.9. The van der Waals surface area contributed by atoms with Gasteiger partial charge in [0.15, 0.2) is 11.6 Å². The molecule has 24 heavy (non-hydrogen) atoms. The Labute approximate surface area is 137 Å². The third kappa shape index (κ3) is 1.97. The number of hydrogen-bond acceptors (Lipinski definition) is 3. The van der Waals surface area contributed by atoms with Gasteiger partial charge >= 0.3 is 5.97 Å². The van der Waals surface area contributed by atoms with Crippen molar-refractivity contribution in [2.45, 2.75) is 6.42 Å². The van der Waals surface area contributed by atoms with Gasteiger partial charge in [0, 0.05) is 22.3 Å². The number of ketones is 2. The molecule has 0 saturated heterocycles. The summed E-state index contributed by atoms with van der Waals surface area (Å²) in [6.07, 6.45) is -0.198. The van der Waals surface area contributed by atoms with Crippen molar-refractivity contribution in [1.82, 2.24) is 0 Å². The van der Waals surface area contributed by atoms with E-state index in [1.807, 2.05) is 0 Å². The Morgan fingerprint density at radius 3 is 2.04 bits per heavy atom. The van der Waals surface area contributed by atoms with Gasteiger partial charge in [0.05, 0.1) is 6.42 Å². The van der Waals surface area contributed by atoms with E-state index in [2.05, 4.69) is 0 Å². The highest BCUT2D eigenvalue weighted by atomic mass is 16.4. The molecule has 0 fully saturated rings. The zero-order valence-corrected chi connectivity index (χ0v) is 12.6. The van der Waals surface area contributed by atoms with Crippen LogP contribution in [0.25, 0.3) is 10.8 Å². The van der Waals surface area contributed by atoms with Crippen molar-refractivity contribution < 1.29 is 19.5 Å². The molecule has 1 N–H and O–H groups in total. The molecule has 3 aromatic rings. The monoisotopic (exact) mass is 316 g/mol. The number of hydrogen-bond donors (Lipinski definition) is 1. The van der Waals surface area contributed by atoms with E-state index in [9.17, 15) is 14.4 Å². The Morgan fingerprint density at radius 1 is 0.792 bits per heavy atom. The number of aliphatic carboxylic acids is 1. The van der Waals surface area contributed by atoms with E-state index in [0.29, 0.717) is 33.0 Å². The maximum absolute atomic E-state index is 12.9. The zero-order valence-electron chi connectivity index (χ0n) is 12.6. The van der Waals surface area contributed by atoms with E-state index in [0.717, 1.165) is 0 Å². The molecule has 3 aromatic carbocycles. The first-order valence-electron chi connectivity index (χ1n) is 7.53. The van der Waals surface area contributed by atoms with Crippen molar-refractivity contribution in [3.05, 3.63) is 82.4 Å². The molecule has 1 aliphatic rings. The smallest absolute Gasteiger partial charge is 0.307 e. The Balaban J connectivity index is 2.09. The molecule has 0 amide bonds. The quantitative estimate of drug-likeness (QED) is 0.616. The van der Waals surface area contributed by atoms with Crippen LogP contribution in [0.15, 0.2) is 54.6 Å². The third-order valence-electron chi connectivity index (χ3n) is 4.36. The molecule has 0 unspecified atom stereocenters. The van der Waals surface area contributed by atoms with Gasteiger partial charge in [0.25, 0.3) is 0 Å². The van der Waals surface area contributed by atoms with E-state index >= 15 is 0 Å². The van der Waals surface area contributed by atoms with Crippen molar-refractivity contribution in [2.75, 3.05) is 0 Å². The molecule has 4 heteroatoms. The highest BCUT2D eigenvalue weighted by Crippen LogP contribution is 2.34. The van der Waals surface area contributed by atoms with Crippen LogP contribution in [0.2, 0.25) is 0 Å². The number of carbonyl (C=O) groups is 3. The number of rotatable bonds is 2. The van der Waals surface area contributed by atoms with Gasteiger partial charge in [0.1, 0.15) is 0 Å². The van der Waals surface area contributed by atoms with Crippen LogP contribution in [0.1, 0.15) is 37.4 Å². The van der Waals surface area contributed by atoms with Gasteiger partial charge in [-0.1, -0.05) is 48.5 Å². The van der Waals surface area contributed by atoms with E-state index in [4.69, 9.17) is 5.11 Å². The molecule has 0 atom stereocenters. The van der Waals surface area contributed by atoms with Gasteiger partial charge in [-0.25, -0.2) is 0 Å². The van der Waals surface area contributed by atoms with E-state index in [-0.39, 0.29) is 23.6 Å². The maximum Gasteiger partial charge on any atom is 0.307 e. The van der Waals surface area contributed by atoms with Crippen LogP contribution in [0.3, 0.4) is 0 Å². The Hall–Kier alpha value is -3.27. The number of carbonyl (C=O) groups excluding carboxylic acids is 2. The normalized spacial score (nSPS) is 12.8. The van der Waals surface area contributed by atoms with E-state index < -0.39 is 5.97 Å². The first-order valence-corrected chi connectivity index (χ1v) is 7.53. The van der Waals surface area contributed by atoms with Gasteiger partial charge in [-0.05, 0) is 22.4 Å². The molecule has 0 radical (unpaired) electrons. The van der Waals surface area contributed by atoms with Gasteiger partial charge in [-0.15, -0.1) is 0 Å². The van der Waals surface area contributed by atoms with Crippen molar-refractivity contribution in [3.63, 3.8) is 0 Å². The van der Waals surface area contributed by atoms with Crippen LogP contribution in [0.4, 0.5) is 0 Å². The van der Waals surface area contributed by atoms with E-state index in [1.54, 1.807) is 54.6 Å². The zero-order chi connectivity index (χ0) is 16.8. The minimum Gasteiger partial charge on any atom is -0.481 e. The molecule has 0 heterocycles. The standard InChI is InChI=1S/C20H12O4/c21-17(22)10-11-9-16-18(13-6-2-1-5-12(11)13)20(24)15-8-4-3-7-14(15)19(16)23/h1-9H,10H2,(H,21,22). The molecular formula is C20H12O4. The summed E-state index contributed by atoms with van der Waals surface area (Å²) < 4.78 is 0. The fourth-order valence-corrected chi connectivity index (χ4v) is 3.34. The second-order valence-corrected chi connectivity index (χ2v) is 5.78. The van der Waals surface area contributed by atoms with E-state index in [1.165, 1.54) is 0 Å². The van der Waals surface area contributed by atoms with Crippen LogP contribution in [0.5, 0.6) is 0 Å². The highest BCUT2D eigenvalue weighted by Gasteiger charge is 2.31. The van der Waals surface area contributed by atoms with Crippen molar-refractivity contribution >= 4 is 28.3 Å². The lowest BCUT2D eigenvalue weighted by Gasteiger charge is -2.20. The summed E-state index contributed by atoms with van der Waals surface area (Å²) in [7, 11) is 0. The lowest BCUT2D eigenvalue weighted by Crippen LogP contribution is -2.22. The number of fused-ring (bicyclic) bond motifs is 4. The number of carboxylic acids is 1. The fourth-order valence-electron chi connectivity index (χ4n) is 3.34. The molecule has 0 spiro atoms. The SMILES string of the molecule is O=C(O)Cc1cc2c(c3ccccc13)C(=O)c1ccccc1C2=O. The predicted octanol–water partition coefficient (Wildman–Crippen LogP) is 3.24. The Bertz CT molecular complexity index is 1050. The summed E-state index contributed by atoms with van der Waals surface area (Å²) in [6, 6.07) is 15.4. The first kappa shape index (κ1) is 14.3. The fraction of sp³-hybridized carbons (Fsp3) is 0.0500. The molecule has 4 rings (SSSR count). The molecule has 0 aromatic heterocycles. The first-order chi connectivity index (χ1) is 11.6. The second-order valence-electron chi connectivity index (χ2n) is 5.78. The van der Waals surface area contributed by atoms with Crippen molar-refractivity contribution in [3.8, 4) is 0 Å². The van der Waals surface area contributed by atoms with Gasteiger partial charge < -0.3 is 5.11 Å². The maximum atomic E-state index is 12.9. The third-order valence-corrected chi connectivity index (χ3v) is 4.36. The molecule has 0 bridgehead atoms. The van der Waals surface area contributed by atoms with Gasteiger partial charge in [0.2, 0.25) is 0 Å². The summed E-state index contributed by atoms with van der Waals surface area (Å²) in [5.74, 6) is -1.41. The molecular weight excluding hydrogens is 304 g/mol. The topological polar surface area (TPSA) is 71.4 Å². The number of carboxylic acid groups (broad SMARTS) is 1. The van der Waals surface area contributed by atoms with Crippen LogP contribution in [0, 0.1) is 0 Å². The van der Waals surface area contributed by atoms with Gasteiger partial charge in [-0.2, -0.15) is 0 Å².